The van der Waals surface area contributed by atoms with Crippen LogP contribution in [0.5, 0.6) is 0 Å². The van der Waals surface area contributed by atoms with Gasteiger partial charge in [0.25, 0.3) is 0 Å². The summed E-state index contributed by atoms with van der Waals surface area (Å²) in [7, 11) is 0. The van der Waals surface area contributed by atoms with Gasteiger partial charge in [-0.2, -0.15) is 0 Å². The third-order valence-electron chi connectivity index (χ3n) is 3.69. The molecule has 2 aliphatic heterocycles. The van der Waals surface area contributed by atoms with Crippen molar-refractivity contribution in [1.29, 1.82) is 0 Å². The summed E-state index contributed by atoms with van der Waals surface area (Å²) >= 11 is 0. The average Bonchev–Trinajstić information content (AvgIpc) is 2.36. The van der Waals surface area contributed by atoms with Gasteiger partial charge in [0.1, 0.15) is 0 Å². The molecule has 1 aromatic rings. The molecule has 0 bridgehead atoms. The number of morpholine rings is 1. The van der Waals surface area contributed by atoms with Gasteiger partial charge in [0.05, 0.1) is 12.7 Å². The molecule has 0 aromatic heterocycles. The second-order valence-corrected chi connectivity index (χ2v) is 5.02. The van der Waals surface area contributed by atoms with Crippen molar-refractivity contribution in [3.63, 3.8) is 0 Å². The first kappa shape index (κ1) is 11.2. The van der Waals surface area contributed by atoms with Crippen LogP contribution in [0.15, 0.2) is 30.3 Å². The van der Waals surface area contributed by atoms with Crippen LogP contribution in [0.25, 0.3) is 0 Å². The second-order valence-electron chi connectivity index (χ2n) is 5.02. The van der Waals surface area contributed by atoms with Crippen molar-refractivity contribution in [3.8, 4) is 0 Å². The number of ether oxygens (including phenoxy) is 1. The molecule has 0 radical (unpaired) electrons. The van der Waals surface area contributed by atoms with Crippen LogP contribution in [0.3, 0.4) is 0 Å². The molecule has 1 aromatic carbocycles. The van der Waals surface area contributed by atoms with Crippen molar-refractivity contribution in [1.82, 2.24) is 10.2 Å². The molecule has 1 atom stereocenters. The Balaban J connectivity index is 1.45. The van der Waals surface area contributed by atoms with E-state index in [4.69, 9.17) is 4.74 Å². The van der Waals surface area contributed by atoms with E-state index in [2.05, 4.69) is 40.5 Å². The molecule has 17 heavy (non-hydrogen) atoms. The van der Waals surface area contributed by atoms with Crippen LogP contribution >= 0.6 is 0 Å². The summed E-state index contributed by atoms with van der Waals surface area (Å²) in [5.41, 5.74) is 1.48. The maximum Gasteiger partial charge on any atom is 0.0826 e. The molecular weight excluding hydrogens is 212 g/mol. The van der Waals surface area contributed by atoms with Crippen molar-refractivity contribution < 1.29 is 4.74 Å². The van der Waals surface area contributed by atoms with Crippen LogP contribution in [0.2, 0.25) is 0 Å². The maximum absolute atomic E-state index is 5.72. The quantitative estimate of drug-likeness (QED) is 0.844. The van der Waals surface area contributed by atoms with Gasteiger partial charge in [-0.05, 0) is 5.56 Å². The molecule has 0 amide bonds. The third kappa shape index (κ3) is 2.68. The van der Waals surface area contributed by atoms with Crippen molar-refractivity contribution in [2.75, 3.05) is 39.3 Å². The SMILES string of the molecule is c1ccc(C2CN(CC3CNCCO3)C2)cc1. The largest absolute Gasteiger partial charge is 0.374 e. The summed E-state index contributed by atoms with van der Waals surface area (Å²) in [6.07, 6.45) is 0.389. The lowest BCUT2D eigenvalue weighted by Gasteiger charge is -2.42. The van der Waals surface area contributed by atoms with Gasteiger partial charge in [-0.1, -0.05) is 30.3 Å². The Morgan fingerprint density at radius 2 is 2.06 bits per heavy atom. The van der Waals surface area contributed by atoms with E-state index in [0.29, 0.717) is 6.10 Å². The van der Waals surface area contributed by atoms with E-state index in [-0.39, 0.29) is 0 Å². The molecule has 2 saturated heterocycles. The zero-order chi connectivity index (χ0) is 11.5. The lowest BCUT2D eigenvalue weighted by Crippen LogP contribution is -2.52. The second kappa shape index (κ2) is 5.17. The molecule has 0 aliphatic carbocycles. The molecule has 92 valence electrons. The molecule has 2 fully saturated rings. The Kier molecular flexibility index (Phi) is 3.41. The smallest absolute Gasteiger partial charge is 0.0826 e. The number of likely N-dealkylation sites (tertiary alicyclic amines) is 1. The Hall–Kier alpha value is -0.900. The number of benzene rings is 1. The summed E-state index contributed by atoms with van der Waals surface area (Å²) in [6, 6.07) is 10.8. The summed E-state index contributed by atoms with van der Waals surface area (Å²) < 4.78 is 5.72. The Morgan fingerprint density at radius 3 is 2.76 bits per heavy atom. The van der Waals surface area contributed by atoms with Gasteiger partial charge >= 0.3 is 0 Å². The molecule has 3 heteroatoms. The van der Waals surface area contributed by atoms with Crippen LogP contribution in [0.4, 0.5) is 0 Å². The highest BCUT2D eigenvalue weighted by Gasteiger charge is 2.30. The Bertz CT molecular complexity index is 342. The standard InChI is InChI=1S/C14H20N2O/c1-2-4-12(5-3-1)13-9-16(10-13)11-14-8-15-6-7-17-14/h1-5,13-15H,6-11H2. The minimum atomic E-state index is 0.389. The van der Waals surface area contributed by atoms with E-state index in [1.807, 2.05) is 0 Å². The van der Waals surface area contributed by atoms with Gasteiger partial charge in [-0.25, -0.2) is 0 Å². The summed E-state index contributed by atoms with van der Waals surface area (Å²) in [6.45, 7) is 6.32. The molecule has 2 heterocycles. The first-order chi connectivity index (χ1) is 8.42. The molecule has 2 aliphatic rings. The lowest BCUT2D eigenvalue weighted by molar-refractivity contribution is -0.0112. The van der Waals surface area contributed by atoms with Gasteiger partial charge in [-0.15, -0.1) is 0 Å². The van der Waals surface area contributed by atoms with Crippen LogP contribution < -0.4 is 5.32 Å². The van der Waals surface area contributed by atoms with E-state index >= 15 is 0 Å². The number of nitrogens with one attached hydrogen (secondary N) is 1. The topological polar surface area (TPSA) is 24.5 Å². The van der Waals surface area contributed by atoms with Crippen molar-refractivity contribution in [2.24, 2.45) is 0 Å². The zero-order valence-electron chi connectivity index (χ0n) is 10.1. The molecule has 1 unspecified atom stereocenters. The predicted octanol–water partition coefficient (Wildman–Crippen LogP) is 1.07. The van der Waals surface area contributed by atoms with Gasteiger partial charge in [0.15, 0.2) is 0 Å². The molecule has 0 spiro atoms. The van der Waals surface area contributed by atoms with Crippen LogP contribution in [0.1, 0.15) is 11.5 Å². The van der Waals surface area contributed by atoms with Crippen molar-refractivity contribution >= 4 is 0 Å². The summed E-state index contributed by atoms with van der Waals surface area (Å²) in [5, 5.41) is 3.38. The highest BCUT2D eigenvalue weighted by atomic mass is 16.5. The Labute approximate surface area is 103 Å². The maximum atomic E-state index is 5.72. The van der Waals surface area contributed by atoms with E-state index < -0.39 is 0 Å². The van der Waals surface area contributed by atoms with E-state index in [9.17, 15) is 0 Å². The van der Waals surface area contributed by atoms with Crippen LogP contribution in [-0.2, 0) is 4.74 Å². The normalized spacial score (nSPS) is 26.7. The lowest BCUT2D eigenvalue weighted by atomic mass is 9.91. The molecule has 3 rings (SSSR count). The van der Waals surface area contributed by atoms with E-state index in [1.165, 1.54) is 18.7 Å². The number of hydrogen-bond acceptors (Lipinski definition) is 3. The average molecular weight is 232 g/mol. The number of rotatable bonds is 3. The van der Waals surface area contributed by atoms with Gasteiger partial charge in [0, 0.05) is 38.6 Å². The van der Waals surface area contributed by atoms with Crippen molar-refractivity contribution in [2.45, 2.75) is 12.0 Å². The van der Waals surface area contributed by atoms with Gasteiger partial charge in [0.2, 0.25) is 0 Å². The predicted molar refractivity (Wildman–Crippen MR) is 68.2 cm³/mol. The van der Waals surface area contributed by atoms with E-state index in [0.717, 1.165) is 32.2 Å². The van der Waals surface area contributed by atoms with Gasteiger partial charge in [-0.3, -0.25) is 4.90 Å². The first-order valence-electron chi connectivity index (χ1n) is 6.51. The minimum absolute atomic E-state index is 0.389. The molecular formula is C14H20N2O. The zero-order valence-corrected chi connectivity index (χ0v) is 10.1. The highest BCUT2D eigenvalue weighted by Crippen LogP contribution is 2.26. The molecule has 0 saturated carbocycles. The monoisotopic (exact) mass is 232 g/mol. The van der Waals surface area contributed by atoms with Gasteiger partial charge < -0.3 is 10.1 Å². The van der Waals surface area contributed by atoms with Crippen LogP contribution in [0, 0.1) is 0 Å². The van der Waals surface area contributed by atoms with Crippen molar-refractivity contribution in [3.05, 3.63) is 35.9 Å². The van der Waals surface area contributed by atoms with Crippen LogP contribution in [-0.4, -0.2) is 50.3 Å². The third-order valence-corrected chi connectivity index (χ3v) is 3.69. The van der Waals surface area contributed by atoms with E-state index in [1.54, 1.807) is 0 Å². The minimum Gasteiger partial charge on any atom is -0.374 e. The summed E-state index contributed by atoms with van der Waals surface area (Å²) in [4.78, 5) is 2.50. The number of nitrogens with zero attached hydrogens (tertiary/aromatic N) is 1. The number of hydrogen-bond donors (Lipinski definition) is 1. The molecule has 3 nitrogen and oxygen atoms in total. The fraction of sp³-hybridized carbons (Fsp3) is 0.571. The first-order valence-corrected chi connectivity index (χ1v) is 6.51. The molecule has 1 N–H and O–H groups in total. The highest BCUT2D eigenvalue weighted by molar-refractivity contribution is 5.22. The fourth-order valence-electron chi connectivity index (χ4n) is 2.68. The fourth-order valence-corrected chi connectivity index (χ4v) is 2.68. The summed E-state index contributed by atoms with van der Waals surface area (Å²) in [5.74, 6) is 0.729. The Morgan fingerprint density at radius 1 is 1.24 bits per heavy atom.